The Morgan fingerprint density at radius 2 is 2.32 bits per heavy atom. The van der Waals surface area contributed by atoms with Gasteiger partial charge in [0.05, 0.1) is 25.2 Å². The molecule has 1 aromatic heterocycles. The van der Waals surface area contributed by atoms with E-state index in [1.54, 1.807) is 11.3 Å². The number of thiophene rings is 1. The number of rotatable bonds is 6. The number of nitrogens with zero attached hydrogens (tertiary/aromatic N) is 1. The minimum atomic E-state index is 0.119. The summed E-state index contributed by atoms with van der Waals surface area (Å²) < 4.78 is 6.13. The minimum Gasteiger partial charge on any atom is -0.373 e. The molecular formula is C17H24N2O2S. The van der Waals surface area contributed by atoms with Crippen LogP contribution < -0.4 is 5.32 Å². The van der Waals surface area contributed by atoms with Crippen LogP contribution >= 0.6 is 11.3 Å². The van der Waals surface area contributed by atoms with Crippen LogP contribution in [0.5, 0.6) is 0 Å². The first-order valence-corrected chi connectivity index (χ1v) is 9.31. The lowest BCUT2D eigenvalue weighted by Gasteiger charge is -2.18. The fraction of sp³-hybridized carbons (Fsp3) is 0.706. The van der Waals surface area contributed by atoms with Gasteiger partial charge >= 0.3 is 0 Å². The maximum atomic E-state index is 12.0. The van der Waals surface area contributed by atoms with Crippen molar-refractivity contribution in [2.45, 2.75) is 44.4 Å². The molecule has 1 aromatic rings. The van der Waals surface area contributed by atoms with Gasteiger partial charge in [0.25, 0.3) is 0 Å². The van der Waals surface area contributed by atoms with Gasteiger partial charge in [-0.2, -0.15) is 0 Å². The Morgan fingerprint density at radius 3 is 3.05 bits per heavy atom. The first kappa shape index (κ1) is 14.7. The quantitative estimate of drug-likeness (QED) is 0.874. The van der Waals surface area contributed by atoms with E-state index in [-0.39, 0.29) is 12.0 Å². The maximum Gasteiger partial charge on any atom is 0.222 e. The van der Waals surface area contributed by atoms with E-state index in [9.17, 15) is 4.79 Å². The molecule has 3 atom stereocenters. The zero-order valence-electron chi connectivity index (χ0n) is 12.9. The third-order valence-electron chi connectivity index (χ3n) is 5.06. The van der Waals surface area contributed by atoms with Gasteiger partial charge in [0.15, 0.2) is 0 Å². The summed E-state index contributed by atoms with van der Waals surface area (Å²) in [4.78, 5) is 15.8. The molecule has 1 saturated carbocycles. The molecule has 3 heterocycles. The van der Waals surface area contributed by atoms with E-state index in [0.29, 0.717) is 25.0 Å². The molecule has 4 rings (SSSR count). The van der Waals surface area contributed by atoms with E-state index in [1.165, 1.54) is 30.8 Å². The molecule has 0 aromatic carbocycles. The fourth-order valence-corrected chi connectivity index (χ4v) is 4.42. The average Bonchev–Trinajstić information content (AvgIpc) is 2.87. The molecule has 3 fully saturated rings. The number of fused-ring (bicyclic) bond motifs is 1. The van der Waals surface area contributed by atoms with Crippen molar-refractivity contribution >= 4 is 17.2 Å². The summed E-state index contributed by atoms with van der Waals surface area (Å²) in [6, 6.07) is 4.07. The largest absolute Gasteiger partial charge is 0.373 e. The van der Waals surface area contributed by atoms with Crippen molar-refractivity contribution in [3.63, 3.8) is 0 Å². The highest BCUT2D eigenvalue weighted by Crippen LogP contribution is 2.37. The van der Waals surface area contributed by atoms with E-state index < -0.39 is 0 Å². The minimum absolute atomic E-state index is 0.119. The number of ether oxygens (including phenoxy) is 1. The van der Waals surface area contributed by atoms with Gasteiger partial charge in [0, 0.05) is 30.4 Å². The van der Waals surface area contributed by atoms with Gasteiger partial charge in [-0.1, -0.05) is 6.07 Å². The van der Waals surface area contributed by atoms with Crippen molar-refractivity contribution in [1.29, 1.82) is 0 Å². The Bertz CT molecular complexity index is 501. The topological polar surface area (TPSA) is 41.6 Å². The molecule has 1 aliphatic carbocycles. The Balaban J connectivity index is 1.19. The summed E-state index contributed by atoms with van der Waals surface area (Å²) in [7, 11) is 0. The first-order chi connectivity index (χ1) is 10.8. The van der Waals surface area contributed by atoms with Gasteiger partial charge in [0.2, 0.25) is 5.91 Å². The van der Waals surface area contributed by atoms with Crippen LogP contribution in [0.15, 0.2) is 17.5 Å². The second-order valence-corrected chi connectivity index (χ2v) is 8.05. The number of hydrogen-bond acceptors (Lipinski definition) is 4. The molecule has 0 unspecified atom stereocenters. The molecule has 4 nitrogen and oxygen atoms in total. The van der Waals surface area contributed by atoms with Crippen molar-refractivity contribution in [1.82, 2.24) is 10.2 Å². The SMILES string of the molecule is O=C(C[C@@H]1C[C@H]2CN(CC3CC3)C[C@H]2O1)NCc1cccs1. The van der Waals surface area contributed by atoms with Crippen LogP contribution in [-0.2, 0) is 16.1 Å². The summed E-state index contributed by atoms with van der Waals surface area (Å²) >= 11 is 1.68. The lowest BCUT2D eigenvalue weighted by Crippen LogP contribution is -2.30. The van der Waals surface area contributed by atoms with Crippen LogP contribution in [0.2, 0.25) is 0 Å². The van der Waals surface area contributed by atoms with Gasteiger partial charge in [-0.15, -0.1) is 11.3 Å². The summed E-state index contributed by atoms with van der Waals surface area (Å²) in [5.41, 5.74) is 0. The highest BCUT2D eigenvalue weighted by molar-refractivity contribution is 7.09. The smallest absolute Gasteiger partial charge is 0.222 e. The molecule has 1 N–H and O–H groups in total. The summed E-state index contributed by atoms with van der Waals surface area (Å²) in [6.07, 6.45) is 4.90. The molecule has 3 aliphatic rings. The predicted octanol–water partition coefficient (Wildman–Crippen LogP) is 2.25. The number of likely N-dealkylation sites (tertiary alicyclic amines) is 1. The zero-order valence-corrected chi connectivity index (χ0v) is 13.7. The van der Waals surface area contributed by atoms with Gasteiger partial charge < -0.3 is 15.0 Å². The highest BCUT2D eigenvalue weighted by atomic mass is 32.1. The summed E-state index contributed by atoms with van der Waals surface area (Å²) in [5, 5.41) is 5.04. The molecule has 2 saturated heterocycles. The average molecular weight is 320 g/mol. The molecule has 22 heavy (non-hydrogen) atoms. The number of hydrogen-bond donors (Lipinski definition) is 1. The molecule has 2 aliphatic heterocycles. The summed E-state index contributed by atoms with van der Waals surface area (Å²) in [5.74, 6) is 1.72. The number of carbonyl (C=O) groups excluding carboxylic acids is 1. The predicted molar refractivity (Wildman–Crippen MR) is 86.7 cm³/mol. The third kappa shape index (κ3) is 3.53. The van der Waals surface area contributed by atoms with Gasteiger partial charge in [-0.25, -0.2) is 0 Å². The molecule has 1 amide bonds. The van der Waals surface area contributed by atoms with Crippen LogP contribution in [0.1, 0.15) is 30.6 Å². The lowest BCUT2D eigenvalue weighted by atomic mass is 10.0. The van der Waals surface area contributed by atoms with Crippen molar-refractivity contribution < 1.29 is 9.53 Å². The molecule has 0 spiro atoms. The van der Waals surface area contributed by atoms with Gasteiger partial charge in [-0.3, -0.25) is 4.79 Å². The highest BCUT2D eigenvalue weighted by Gasteiger charge is 2.43. The maximum absolute atomic E-state index is 12.0. The van der Waals surface area contributed by atoms with Crippen LogP contribution in [0.4, 0.5) is 0 Å². The van der Waals surface area contributed by atoms with Gasteiger partial charge in [-0.05, 0) is 36.6 Å². The standard InChI is InChI=1S/C17H24N2O2S/c20-17(18-8-15-2-1-5-22-15)7-14-6-13-10-19(9-12-3-4-12)11-16(13)21-14/h1-2,5,12-14,16H,3-4,6-11H2,(H,18,20)/t13-,14-,16+/m0/s1. The normalized spacial score (nSPS) is 31.4. The number of amides is 1. The summed E-state index contributed by atoms with van der Waals surface area (Å²) in [6.45, 7) is 4.16. The fourth-order valence-electron chi connectivity index (χ4n) is 3.77. The third-order valence-corrected chi connectivity index (χ3v) is 5.93. The van der Waals surface area contributed by atoms with Crippen molar-refractivity contribution in [3.8, 4) is 0 Å². The molecular weight excluding hydrogens is 296 g/mol. The van der Waals surface area contributed by atoms with Crippen molar-refractivity contribution in [2.75, 3.05) is 19.6 Å². The zero-order chi connectivity index (χ0) is 14.9. The lowest BCUT2D eigenvalue weighted by molar-refractivity contribution is -0.123. The Labute approximate surface area is 135 Å². The van der Waals surface area contributed by atoms with E-state index >= 15 is 0 Å². The van der Waals surface area contributed by atoms with Crippen molar-refractivity contribution in [2.24, 2.45) is 11.8 Å². The van der Waals surface area contributed by atoms with E-state index in [4.69, 9.17) is 4.74 Å². The van der Waals surface area contributed by atoms with Crippen LogP contribution in [-0.4, -0.2) is 42.6 Å². The Morgan fingerprint density at radius 1 is 1.41 bits per heavy atom. The van der Waals surface area contributed by atoms with E-state index in [2.05, 4.69) is 16.3 Å². The molecule has 0 bridgehead atoms. The molecule has 5 heteroatoms. The van der Waals surface area contributed by atoms with Crippen molar-refractivity contribution in [3.05, 3.63) is 22.4 Å². The number of nitrogens with one attached hydrogen (secondary N) is 1. The first-order valence-electron chi connectivity index (χ1n) is 8.43. The Kier molecular flexibility index (Phi) is 4.20. The monoisotopic (exact) mass is 320 g/mol. The van der Waals surface area contributed by atoms with Crippen LogP contribution in [0.25, 0.3) is 0 Å². The Hall–Kier alpha value is -0.910. The van der Waals surface area contributed by atoms with Crippen LogP contribution in [0.3, 0.4) is 0 Å². The van der Waals surface area contributed by atoms with Crippen LogP contribution in [0, 0.1) is 11.8 Å². The molecule has 0 radical (unpaired) electrons. The molecule has 120 valence electrons. The van der Waals surface area contributed by atoms with E-state index in [0.717, 1.165) is 18.9 Å². The van der Waals surface area contributed by atoms with Gasteiger partial charge in [0.1, 0.15) is 0 Å². The number of carbonyl (C=O) groups is 1. The van der Waals surface area contributed by atoms with E-state index in [1.807, 2.05) is 11.4 Å². The second kappa shape index (κ2) is 6.30. The second-order valence-electron chi connectivity index (χ2n) is 7.01.